The second-order valence-corrected chi connectivity index (χ2v) is 9.96. The van der Waals surface area contributed by atoms with Gasteiger partial charge >= 0.3 is 0 Å². The molecule has 0 radical (unpaired) electrons. The molecule has 0 spiro atoms. The first-order valence-electron chi connectivity index (χ1n) is 12.4. The molecule has 0 amide bonds. The summed E-state index contributed by atoms with van der Waals surface area (Å²) in [6.07, 6.45) is -16.0. The number of fused-ring (bicyclic) bond motifs is 1. The summed E-state index contributed by atoms with van der Waals surface area (Å²) < 4.78 is 16.8. The van der Waals surface area contributed by atoms with E-state index in [-0.39, 0.29) is 11.3 Å². The van der Waals surface area contributed by atoms with Crippen molar-refractivity contribution in [3.05, 3.63) is 45.6 Å². The van der Waals surface area contributed by atoms with Gasteiger partial charge in [-0.2, -0.15) is 0 Å². The highest BCUT2D eigenvalue weighted by atomic mass is 16.5. The van der Waals surface area contributed by atoms with Gasteiger partial charge < -0.3 is 70.1 Å². The second-order valence-electron chi connectivity index (χ2n) is 9.96. The van der Waals surface area contributed by atoms with E-state index < -0.39 is 119 Å². The highest BCUT2D eigenvalue weighted by molar-refractivity contribution is 5.92. The molecule has 2 saturated heterocycles. The van der Waals surface area contributed by atoms with Crippen LogP contribution in [0.4, 0.5) is 0 Å². The van der Waals surface area contributed by atoms with Crippen molar-refractivity contribution in [1.29, 1.82) is 0 Å². The Morgan fingerprint density at radius 3 is 2.10 bits per heavy atom. The number of phenols is 4. The van der Waals surface area contributed by atoms with E-state index in [1.54, 1.807) is 0 Å². The third-order valence-electron chi connectivity index (χ3n) is 7.42. The molecule has 0 saturated carbocycles. The van der Waals surface area contributed by atoms with E-state index in [0.29, 0.717) is 0 Å². The molecule has 2 aromatic carbocycles. The fraction of sp³-hybridized carbons (Fsp3) is 0.423. The molecule has 0 unspecified atom stereocenters. The Balaban J connectivity index is 1.82. The quantitative estimate of drug-likeness (QED) is 0.148. The van der Waals surface area contributed by atoms with Crippen molar-refractivity contribution >= 4 is 11.0 Å². The van der Waals surface area contributed by atoms with Crippen molar-refractivity contribution in [3.63, 3.8) is 0 Å². The highest BCUT2D eigenvalue weighted by Crippen LogP contribution is 2.50. The number of hydrogen-bond donors (Lipinski definition) is 11. The van der Waals surface area contributed by atoms with Crippen LogP contribution < -0.4 is 5.43 Å². The van der Waals surface area contributed by atoms with Crippen LogP contribution >= 0.6 is 0 Å². The lowest BCUT2D eigenvalue weighted by Crippen LogP contribution is -2.55. The van der Waals surface area contributed by atoms with E-state index in [1.165, 1.54) is 6.07 Å². The normalized spacial score (nSPS) is 32.3. The van der Waals surface area contributed by atoms with Crippen molar-refractivity contribution in [2.45, 2.75) is 54.9 Å². The summed E-state index contributed by atoms with van der Waals surface area (Å²) in [5, 5.41) is 114. The summed E-state index contributed by atoms with van der Waals surface area (Å²) in [7, 11) is 0. The van der Waals surface area contributed by atoms with Crippen LogP contribution in [0.2, 0.25) is 0 Å². The first kappa shape index (κ1) is 29.0. The van der Waals surface area contributed by atoms with E-state index in [4.69, 9.17) is 13.9 Å². The molecule has 2 fully saturated rings. The number of phenolic OH excluding ortho intramolecular Hbond substituents is 4. The van der Waals surface area contributed by atoms with Crippen LogP contribution in [0.1, 0.15) is 23.3 Å². The summed E-state index contributed by atoms with van der Waals surface area (Å²) in [5.74, 6) is -3.21. The fourth-order valence-corrected chi connectivity index (χ4v) is 5.16. The van der Waals surface area contributed by atoms with E-state index in [0.717, 1.165) is 18.2 Å². The van der Waals surface area contributed by atoms with Gasteiger partial charge in [-0.3, -0.25) is 4.79 Å². The molecule has 0 bridgehead atoms. The average molecular weight is 580 g/mol. The summed E-state index contributed by atoms with van der Waals surface area (Å²) in [6.45, 7) is -1.39. The topological polar surface area (TPSA) is 271 Å². The minimum Gasteiger partial charge on any atom is -0.507 e. The van der Waals surface area contributed by atoms with Crippen LogP contribution in [0.15, 0.2) is 33.5 Å². The third-order valence-corrected chi connectivity index (χ3v) is 7.42. The van der Waals surface area contributed by atoms with Gasteiger partial charge in [-0.05, 0) is 18.2 Å². The van der Waals surface area contributed by atoms with E-state index in [2.05, 4.69) is 0 Å². The van der Waals surface area contributed by atoms with Gasteiger partial charge in [0.1, 0.15) is 77.6 Å². The Kier molecular flexibility index (Phi) is 7.58. The number of aliphatic hydroxyl groups is 7. The number of hydrogen-bond acceptors (Lipinski definition) is 15. The van der Waals surface area contributed by atoms with Crippen molar-refractivity contribution in [2.24, 2.45) is 0 Å². The smallest absolute Gasteiger partial charge is 0.197 e. The molecule has 2 aliphatic rings. The number of benzene rings is 2. The van der Waals surface area contributed by atoms with Crippen LogP contribution in [0, 0.1) is 0 Å². The van der Waals surface area contributed by atoms with Crippen molar-refractivity contribution in [1.82, 2.24) is 0 Å². The van der Waals surface area contributed by atoms with Gasteiger partial charge in [0, 0.05) is 11.6 Å². The molecular formula is C26H28O15. The van der Waals surface area contributed by atoms with Gasteiger partial charge in [0.25, 0.3) is 0 Å². The lowest BCUT2D eigenvalue weighted by atomic mass is 9.85. The monoisotopic (exact) mass is 580 g/mol. The molecular weight excluding hydrogens is 552 g/mol. The first-order chi connectivity index (χ1) is 19.4. The van der Waals surface area contributed by atoms with E-state index in [1.807, 2.05) is 0 Å². The Labute approximate surface area is 229 Å². The van der Waals surface area contributed by atoms with Crippen LogP contribution in [0.3, 0.4) is 0 Å². The van der Waals surface area contributed by atoms with Crippen molar-refractivity contribution in [3.8, 4) is 34.3 Å². The standard InChI is InChI=1S/C26H28O15/c27-5-13-18(33)21(36)23(38)26(41-13)16-20(35)15(25-22(37)17(32)11(31)6-39-25)19(34)14-10(30)4-12(40-24(14)16)7-1-2-8(28)9(29)3-7/h1-4,11,13,17-18,21-23,25-29,31-38H,5-6H2/t11-,13-,17+,18-,21+,22-,23-,25+,26+/m1/s1. The SMILES string of the molecule is O=c1cc(-c2ccc(O)c(O)c2)oc2c([C@@H]3O[C@H](CO)[C@@H](O)[C@H](O)[C@H]3O)c(O)c([C@@H]3OC[C@@H](O)[C@H](O)[C@H]3O)c(O)c12. The van der Waals surface area contributed by atoms with Gasteiger partial charge in [-0.1, -0.05) is 0 Å². The van der Waals surface area contributed by atoms with Gasteiger partial charge in [0.15, 0.2) is 22.5 Å². The lowest BCUT2D eigenvalue weighted by Gasteiger charge is -2.41. The van der Waals surface area contributed by atoms with Gasteiger partial charge in [0.05, 0.1) is 24.3 Å². The fourth-order valence-electron chi connectivity index (χ4n) is 5.16. The molecule has 11 N–H and O–H groups in total. The Morgan fingerprint density at radius 1 is 0.756 bits per heavy atom. The summed E-state index contributed by atoms with van der Waals surface area (Å²) >= 11 is 0. The van der Waals surface area contributed by atoms with E-state index in [9.17, 15) is 61.0 Å². The molecule has 15 nitrogen and oxygen atoms in total. The molecule has 9 atom stereocenters. The van der Waals surface area contributed by atoms with Gasteiger partial charge in [0.2, 0.25) is 0 Å². The number of aliphatic hydroxyl groups excluding tert-OH is 7. The van der Waals surface area contributed by atoms with Crippen LogP contribution in [-0.2, 0) is 9.47 Å². The molecule has 5 rings (SSSR count). The maximum atomic E-state index is 13.4. The van der Waals surface area contributed by atoms with Crippen LogP contribution in [-0.4, -0.2) is 112 Å². The molecule has 2 aliphatic heterocycles. The Bertz CT molecular complexity index is 1520. The van der Waals surface area contributed by atoms with Crippen LogP contribution in [0.5, 0.6) is 23.0 Å². The Morgan fingerprint density at radius 2 is 1.44 bits per heavy atom. The first-order valence-corrected chi connectivity index (χ1v) is 12.4. The van der Waals surface area contributed by atoms with Crippen molar-refractivity contribution < 1.29 is 70.1 Å². The predicted octanol–water partition coefficient (Wildman–Crippen LogP) is -2.05. The zero-order chi connectivity index (χ0) is 29.9. The second kappa shape index (κ2) is 10.7. The molecule has 3 heterocycles. The zero-order valence-corrected chi connectivity index (χ0v) is 21.0. The van der Waals surface area contributed by atoms with Gasteiger partial charge in [-0.15, -0.1) is 0 Å². The minimum atomic E-state index is -2.00. The molecule has 222 valence electrons. The third kappa shape index (κ3) is 4.66. The lowest BCUT2D eigenvalue weighted by molar-refractivity contribution is -0.231. The molecule has 0 aliphatic carbocycles. The predicted molar refractivity (Wildman–Crippen MR) is 134 cm³/mol. The zero-order valence-electron chi connectivity index (χ0n) is 21.0. The Hall–Kier alpha value is -3.51. The maximum absolute atomic E-state index is 13.4. The number of rotatable bonds is 4. The number of ether oxygens (including phenoxy) is 2. The van der Waals surface area contributed by atoms with Crippen molar-refractivity contribution in [2.75, 3.05) is 13.2 Å². The molecule has 3 aromatic rings. The average Bonchev–Trinajstić information content (AvgIpc) is 2.93. The molecule has 41 heavy (non-hydrogen) atoms. The maximum Gasteiger partial charge on any atom is 0.197 e. The van der Waals surface area contributed by atoms with Crippen LogP contribution in [0.25, 0.3) is 22.3 Å². The summed E-state index contributed by atoms with van der Waals surface area (Å²) in [5.41, 5.74) is -2.68. The van der Waals surface area contributed by atoms with E-state index >= 15 is 0 Å². The largest absolute Gasteiger partial charge is 0.507 e. The summed E-state index contributed by atoms with van der Waals surface area (Å²) in [4.78, 5) is 13.4. The summed E-state index contributed by atoms with van der Waals surface area (Å²) in [6, 6.07) is 4.34. The molecule has 1 aromatic heterocycles. The van der Waals surface area contributed by atoms with Gasteiger partial charge in [-0.25, -0.2) is 0 Å². The highest BCUT2D eigenvalue weighted by Gasteiger charge is 2.48. The molecule has 15 heteroatoms. The number of aromatic hydroxyl groups is 4. The minimum absolute atomic E-state index is 0.0604.